The molecular weight excluding hydrogens is 352 g/mol. The zero-order valence-electron chi connectivity index (χ0n) is 14.8. The summed E-state index contributed by atoms with van der Waals surface area (Å²) in [5, 5.41) is 9.23. The van der Waals surface area contributed by atoms with Crippen molar-refractivity contribution in [1.29, 1.82) is 5.26 Å². The van der Waals surface area contributed by atoms with Crippen molar-refractivity contribution in [2.24, 2.45) is 0 Å². The second kappa shape index (κ2) is 9.07. The van der Waals surface area contributed by atoms with Gasteiger partial charge in [0, 0.05) is 22.4 Å². The van der Waals surface area contributed by atoms with Crippen LogP contribution in [0.4, 0.5) is 5.69 Å². The van der Waals surface area contributed by atoms with Crippen LogP contribution in [0.25, 0.3) is 0 Å². The van der Waals surface area contributed by atoms with Crippen molar-refractivity contribution in [1.82, 2.24) is 0 Å². The number of ketones is 1. The number of aryl methyl sites for hydroxylation is 1. The number of para-hydroxylation sites is 1. The lowest BCUT2D eigenvalue weighted by Gasteiger charge is -2.15. The van der Waals surface area contributed by atoms with Gasteiger partial charge in [-0.1, -0.05) is 72.8 Å². The van der Waals surface area contributed by atoms with Crippen LogP contribution in [0, 0.1) is 11.3 Å². The number of anilines is 1. The molecule has 4 heteroatoms. The molecular formula is C23H20N2OS. The number of thioether (sulfide) groups is 1. The van der Waals surface area contributed by atoms with E-state index in [1.165, 1.54) is 5.56 Å². The minimum Gasteiger partial charge on any atom is -0.398 e. The Bertz CT molecular complexity index is 949. The third-order valence-electron chi connectivity index (χ3n) is 4.34. The van der Waals surface area contributed by atoms with Crippen molar-refractivity contribution < 1.29 is 4.79 Å². The number of nitrogens with two attached hydrogens (primary N) is 1. The van der Waals surface area contributed by atoms with Gasteiger partial charge in [-0.05, 0) is 23.8 Å². The molecule has 0 saturated carbocycles. The highest BCUT2D eigenvalue weighted by molar-refractivity contribution is 7.99. The van der Waals surface area contributed by atoms with Crippen LogP contribution in [-0.2, 0) is 6.42 Å². The van der Waals surface area contributed by atoms with Crippen LogP contribution in [-0.4, -0.2) is 11.5 Å². The first-order chi connectivity index (χ1) is 13.2. The van der Waals surface area contributed by atoms with Gasteiger partial charge >= 0.3 is 0 Å². The molecule has 1 atom stereocenters. The van der Waals surface area contributed by atoms with Crippen molar-refractivity contribution in [2.75, 3.05) is 11.5 Å². The molecule has 0 aliphatic rings. The third-order valence-corrected chi connectivity index (χ3v) is 5.47. The maximum absolute atomic E-state index is 12.8. The van der Waals surface area contributed by atoms with Gasteiger partial charge in [0.05, 0.1) is 6.07 Å². The Morgan fingerprint density at radius 3 is 2.30 bits per heavy atom. The van der Waals surface area contributed by atoms with Crippen molar-refractivity contribution in [3.63, 3.8) is 0 Å². The molecule has 0 aliphatic carbocycles. The maximum atomic E-state index is 12.8. The summed E-state index contributed by atoms with van der Waals surface area (Å²) in [5.41, 5.74) is 9.67. The normalized spacial score (nSPS) is 11.5. The van der Waals surface area contributed by atoms with E-state index in [4.69, 9.17) is 5.73 Å². The third kappa shape index (κ3) is 4.58. The van der Waals surface area contributed by atoms with Crippen LogP contribution in [0.15, 0.2) is 78.9 Å². The topological polar surface area (TPSA) is 66.9 Å². The van der Waals surface area contributed by atoms with E-state index in [9.17, 15) is 10.1 Å². The molecule has 3 aromatic rings. The minimum absolute atomic E-state index is 0.124. The number of carbonyl (C=O) groups excluding carboxylic acids is 1. The summed E-state index contributed by atoms with van der Waals surface area (Å²) in [6, 6.07) is 26.9. The van der Waals surface area contributed by atoms with Crippen LogP contribution < -0.4 is 5.73 Å². The molecule has 0 saturated heterocycles. The summed E-state index contributed by atoms with van der Waals surface area (Å²) in [6.45, 7) is 0. The fraction of sp³-hybridized carbons (Fsp3) is 0.130. The van der Waals surface area contributed by atoms with Gasteiger partial charge in [-0.25, -0.2) is 0 Å². The summed E-state index contributed by atoms with van der Waals surface area (Å²) >= 11 is 1.55. The lowest BCUT2D eigenvalue weighted by molar-refractivity contribution is 0.103. The molecule has 0 fully saturated rings. The summed E-state index contributed by atoms with van der Waals surface area (Å²) in [4.78, 5) is 12.8. The highest BCUT2D eigenvalue weighted by Crippen LogP contribution is 2.34. The zero-order valence-corrected chi connectivity index (χ0v) is 15.7. The van der Waals surface area contributed by atoms with Crippen molar-refractivity contribution in [3.05, 3.63) is 101 Å². The lowest BCUT2D eigenvalue weighted by Crippen LogP contribution is -2.09. The van der Waals surface area contributed by atoms with E-state index >= 15 is 0 Å². The largest absolute Gasteiger partial charge is 0.398 e. The van der Waals surface area contributed by atoms with Crippen molar-refractivity contribution >= 4 is 23.2 Å². The Balaban J connectivity index is 1.77. The van der Waals surface area contributed by atoms with Crippen LogP contribution in [0.2, 0.25) is 0 Å². The Labute approximate surface area is 163 Å². The average molecular weight is 372 g/mol. The summed E-state index contributed by atoms with van der Waals surface area (Å²) in [5.74, 6) is 0.680. The van der Waals surface area contributed by atoms with E-state index in [2.05, 4.69) is 18.2 Å². The van der Waals surface area contributed by atoms with Gasteiger partial charge in [0.1, 0.15) is 5.25 Å². The van der Waals surface area contributed by atoms with E-state index in [-0.39, 0.29) is 5.78 Å². The van der Waals surface area contributed by atoms with Gasteiger partial charge in [0.25, 0.3) is 0 Å². The second-order valence-corrected chi connectivity index (χ2v) is 7.33. The van der Waals surface area contributed by atoms with E-state index in [1.54, 1.807) is 36.0 Å². The quantitative estimate of drug-likeness (QED) is 0.466. The van der Waals surface area contributed by atoms with Gasteiger partial charge in [-0.3, -0.25) is 4.79 Å². The SMILES string of the molecule is N#CC(SCCc1ccccc1)c1cccc(C(=O)c2ccccc2)c1N. The molecule has 3 nitrogen and oxygen atoms in total. The lowest BCUT2D eigenvalue weighted by atomic mass is 9.98. The first-order valence-corrected chi connectivity index (χ1v) is 9.79. The number of nitrogens with zero attached hydrogens (tertiary/aromatic N) is 1. The molecule has 0 aromatic heterocycles. The summed E-state index contributed by atoms with van der Waals surface area (Å²) < 4.78 is 0. The Hall–Kier alpha value is -3.03. The van der Waals surface area contributed by atoms with E-state index in [0.29, 0.717) is 22.4 Å². The summed E-state index contributed by atoms with van der Waals surface area (Å²) in [7, 11) is 0. The first-order valence-electron chi connectivity index (χ1n) is 8.74. The molecule has 0 radical (unpaired) electrons. The van der Waals surface area contributed by atoms with Gasteiger partial charge in [0.15, 0.2) is 5.78 Å². The number of hydrogen-bond acceptors (Lipinski definition) is 4. The maximum Gasteiger partial charge on any atom is 0.195 e. The molecule has 134 valence electrons. The molecule has 2 N–H and O–H groups in total. The number of carbonyl (C=O) groups is 1. The standard InChI is InChI=1S/C23H20N2OS/c24-16-21(27-15-14-17-8-3-1-4-9-17)19-12-7-13-20(22(19)25)23(26)18-10-5-2-6-11-18/h1-13,21H,14-15,25H2. The highest BCUT2D eigenvalue weighted by atomic mass is 32.2. The molecule has 27 heavy (non-hydrogen) atoms. The molecule has 0 bridgehead atoms. The number of nitriles is 1. The predicted molar refractivity (Wildman–Crippen MR) is 112 cm³/mol. The van der Waals surface area contributed by atoms with Crippen LogP contribution >= 0.6 is 11.8 Å². The van der Waals surface area contributed by atoms with Crippen LogP contribution in [0.1, 0.15) is 32.3 Å². The smallest absolute Gasteiger partial charge is 0.195 e. The number of rotatable bonds is 7. The van der Waals surface area contributed by atoms with Gasteiger partial charge < -0.3 is 5.73 Å². The number of nitrogen functional groups attached to an aromatic ring is 1. The Kier molecular flexibility index (Phi) is 6.30. The van der Waals surface area contributed by atoms with Crippen molar-refractivity contribution in [3.8, 4) is 6.07 Å². The van der Waals surface area contributed by atoms with Crippen LogP contribution in [0.3, 0.4) is 0 Å². The van der Waals surface area contributed by atoms with Gasteiger partial charge in [-0.15, -0.1) is 11.8 Å². The zero-order chi connectivity index (χ0) is 19.1. The molecule has 0 aliphatic heterocycles. The first kappa shape index (κ1) is 18.8. The molecule has 0 spiro atoms. The molecule has 1 unspecified atom stereocenters. The monoisotopic (exact) mass is 372 g/mol. The molecule has 3 aromatic carbocycles. The predicted octanol–water partition coefficient (Wildman–Crippen LogP) is 5.04. The molecule has 0 heterocycles. The molecule has 3 rings (SSSR count). The highest BCUT2D eigenvalue weighted by Gasteiger charge is 2.20. The number of benzene rings is 3. The van der Waals surface area contributed by atoms with Crippen LogP contribution in [0.5, 0.6) is 0 Å². The second-order valence-electron chi connectivity index (χ2n) is 6.12. The average Bonchev–Trinajstić information content (AvgIpc) is 2.73. The van der Waals surface area contributed by atoms with Gasteiger partial charge in [0.2, 0.25) is 0 Å². The fourth-order valence-electron chi connectivity index (χ4n) is 2.89. The fourth-order valence-corrected chi connectivity index (χ4v) is 3.94. The summed E-state index contributed by atoms with van der Waals surface area (Å²) in [6.07, 6.45) is 0.881. The molecule has 0 amide bonds. The van der Waals surface area contributed by atoms with E-state index in [1.807, 2.05) is 42.5 Å². The van der Waals surface area contributed by atoms with E-state index < -0.39 is 5.25 Å². The number of hydrogen-bond donors (Lipinski definition) is 1. The minimum atomic E-state index is -0.405. The Morgan fingerprint density at radius 2 is 1.63 bits per heavy atom. The van der Waals surface area contributed by atoms with Gasteiger partial charge in [-0.2, -0.15) is 5.26 Å². The van der Waals surface area contributed by atoms with Crippen molar-refractivity contribution in [2.45, 2.75) is 11.7 Å². The van der Waals surface area contributed by atoms with E-state index in [0.717, 1.165) is 12.2 Å². The Morgan fingerprint density at radius 1 is 0.963 bits per heavy atom.